The summed E-state index contributed by atoms with van der Waals surface area (Å²) in [7, 11) is 1.83. The molecule has 0 bridgehead atoms. The van der Waals surface area contributed by atoms with Gasteiger partial charge in [-0.05, 0) is 43.6 Å². The SMILES string of the molecule is CCSc1ccccc1NC1CCCC(OC)C1. The molecule has 1 aliphatic carbocycles. The molecule has 100 valence electrons. The summed E-state index contributed by atoms with van der Waals surface area (Å²) in [6, 6.07) is 9.17. The smallest absolute Gasteiger partial charge is 0.0590 e. The van der Waals surface area contributed by atoms with E-state index in [1.54, 1.807) is 0 Å². The molecule has 2 atom stereocenters. The molecule has 1 fully saturated rings. The van der Waals surface area contributed by atoms with Gasteiger partial charge in [0.05, 0.1) is 6.10 Å². The van der Waals surface area contributed by atoms with Crippen LogP contribution < -0.4 is 5.32 Å². The van der Waals surface area contributed by atoms with Gasteiger partial charge in [-0.3, -0.25) is 0 Å². The first-order valence-electron chi connectivity index (χ1n) is 6.84. The van der Waals surface area contributed by atoms with Crippen molar-refractivity contribution < 1.29 is 4.74 Å². The number of nitrogens with one attached hydrogen (secondary N) is 1. The standard InChI is InChI=1S/C15H23NOS/c1-3-18-15-10-5-4-9-14(15)16-12-7-6-8-13(11-12)17-2/h4-5,9-10,12-13,16H,3,6-8,11H2,1-2H3. The third-order valence-corrected chi connectivity index (χ3v) is 4.46. The molecule has 1 saturated carbocycles. The predicted octanol–water partition coefficient (Wildman–Crippen LogP) is 4.17. The van der Waals surface area contributed by atoms with Gasteiger partial charge >= 0.3 is 0 Å². The number of para-hydroxylation sites is 1. The van der Waals surface area contributed by atoms with Gasteiger partial charge in [0.2, 0.25) is 0 Å². The van der Waals surface area contributed by atoms with Crippen LogP contribution in [0.15, 0.2) is 29.2 Å². The molecule has 0 heterocycles. The fourth-order valence-electron chi connectivity index (χ4n) is 2.58. The quantitative estimate of drug-likeness (QED) is 0.807. The van der Waals surface area contributed by atoms with Gasteiger partial charge in [0.15, 0.2) is 0 Å². The topological polar surface area (TPSA) is 21.3 Å². The molecule has 2 rings (SSSR count). The molecule has 1 aromatic rings. The molecule has 0 spiro atoms. The second-order valence-electron chi connectivity index (χ2n) is 4.79. The number of hydrogen-bond donors (Lipinski definition) is 1. The first-order valence-corrected chi connectivity index (χ1v) is 7.83. The molecule has 3 heteroatoms. The van der Waals surface area contributed by atoms with Gasteiger partial charge in [-0.1, -0.05) is 19.1 Å². The summed E-state index contributed by atoms with van der Waals surface area (Å²) in [5.41, 5.74) is 1.28. The Morgan fingerprint density at radius 1 is 1.33 bits per heavy atom. The zero-order valence-corrected chi connectivity index (χ0v) is 12.1. The molecule has 18 heavy (non-hydrogen) atoms. The van der Waals surface area contributed by atoms with Crippen LogP contribution in [0.4, 0.5) is 5.69 Å². The summed E-state index contributed by atoms with van der Waals surface area (Å²) in [5.74, 6) is 1.12. The van der Waals surface area contributed by atoms with Crippen LogP contribution in [0, 0.1) is 0 Å². The summed E-state index contributed by atoms with van der Waals surface area (Å²) in [6.45, 7) is 2.20. The molecule has 2 unspecified atom stereocenters. The van der Waals surface area contributed by atoms with Crippen LogP contribution in [0.25, 0.3) is 0 Å². The molecule has 1 aliphatic rings. The van der Waals surface area contributed by atoms with Gasteiger partial charge < -0.3 is 10.1 Å². The van der Waals surface area contributed by atoms with Gasteiger partial charge in [0, 0.05) is 23.7 Å². The molecule has 0 saturated heterocycles. The minimum atomic E-state index is 0.433. The summed E-state index contributed by atoms with van der Waals surface area (Å²) in [5, 5.41) is 3.70. The summed E-state index contributed by atoms with van der Waals surface area (Å²) < 4.78 is 5.49. The fourth-order valence-corrected chi connectivity index (χ4v) is 3.35. The number of benzene rings is 1. The number of ether oxygens (including phenoxy) is 1. The summed E-state index contributed by atoms with van der Waals surface area (Å²) in [6.07, 6.45) is 5.29. The third-order valence-electron chi connectivity index (χ3n) is 3.51. The molecule has 0 aromatic heterocycles. The Morgan fingerprint density at radius 3 is 2.94 bits per heavy atom. The largest absolute Gasteiger partial charge is 0.381 e. The Morgan fingerprint density at radius 2 is 2.17 bits per heavy atom. The van der Waals surface area contributed by atoms with Crippen molar-refractivity contribution in [2.24, 2.45) is 0 Å². The Bertz CT molecular complexity index is 369. The highest BCUT2D eigenvalue weighted by atomic mass is 32.2. The molecule has 1 aromatic carbocycles. The first-order chi connectivity index (χ1) is 8.83. The minimum Gasteiger partial charge on any atom is -0.381 e. The maximum atomic E-state index is 5.49. The third kappa shape index (κ3) is 3.66. The molecule has 2 nitrogen and oxygen atoms in total. The van der Waals surface area contributed by atoms with Gasteiger partial charge in [-0.25, -0.2) is 0 Å². The van der Waals surface area contributed by atoms with Crippen LogP contribution in [-0.4, -0.2) is 25.0 Å². The maximum Gasteiger partial charge on any atom is 0.0590 e. The minimum absolute atomic E-state index is 0.433. The molecule has 0 aliphatic heterocycles. The van der Waals surface area contributed by atoms with Crippen LogP contribution in [0.2, 0.25) is 0 Å². The average molecular weight is 265 g/mol. The first kappa shape index (κ1) is 13.8. The monoisotopic (exact) mass is 265 g/mol. The van der Waals surface area contributed by atoms with Crippen molar-refractivity contribution in [1.82, 2.24) is 0 Å². The fraction of sp³-hybridized carbons (Fsp3) is 0.600. The van der Waals surface area contributed by atoms with Crippen LogP contribution in [0.3, 0.4) is 0 Å². The van der Waals surface area contributed by atoms with E-state index in [2.05, 4.69) is 36.5 Å². The van der Waals surface area contributed by atoms with E-state index >= 15 is 0 Å². The van der Waals surface area contributed by atoms with Crippen molar-refractivity contribution >= 4 is 17.4 Å². The highest BCUT2D eigenvalue weighted by Gasteiger charge is 2.21. The van der Waals surface area contributed by atoms with Crippen LogP contribution in [-0.2, 0) is 4.74 Å². The number of hydrogen-bond acceptors (Lipinski definition) is 3. The molecular formula is C15H23NOS. The van der Waals surface area contributed by atoms with Crippen molar-refractivity contribution in [3.8, 4) is 0 Å². The lowest BCUT2D eigenvalue weighted by Crippen LogP contribution is -2.31. The Hall–Kier alpha value is -0.670. The van der Waals surface area contributed by atoms with E-state index in [0.29, 0.717) is 12.1 Å². The number of methoxy groups -OCH3 is 1. The van der Waals surface area contributed by atoms with Gasteiger partial charge in [0.25, 0.3) is 0 Å². The highest BCUT2D eigenvalue weighted by Crippen LogP contribution is 2.30. The van der Waals surface area contributed by atoms with Crippen molar-refractivity contribution in [2.75, 3.05) is 18.2 Å². The average Bonchev–Trinajstić information content (AvgIpc) is 2.41. The van der Waals surface area contributed by atoms with Crippen molar-refractivity contribution in [3.05, 3.63) is 24.3 Å². The number of thioether (sulfide) groups is 1. The normalized spacial score (nSPS) is 23.9. The zero-order valence-electron chi connectivity index (χ0n) is 11.3. The van der Waals surface area contributed by atoms with Gasteiger partial charge in [-0.15, -0.1) is 11.8 Å². The summed E-state index contributed by atoms with van der Waals surface area (Å²) >= 11 is 1.90. The lowest BCUT2D eigenvalue weighted by molar-refractivity contribution is 0.0669. The van der Waals surface area contributed by atoms with Crippen LogP contribution in [0.5, 0.6) is 0 Å². The van der Waals surface area contributed by atoms with Crippen LogP contribution in [0.1, 0.15) is 32.6 Å². The van der Waals surface area contributed by atoms with Crippen molar-refractivity contribution in [1.29, 1.82) is 0 Å². The second kappa shape index (κ2) is 7.05. The Labute approximate surface area is 114 Å². The highest BCUT2D eigenvalue weighted by molar-refractivity contribution is 7.99. The van der Waals surface area contributed by atoms with E-state index in [1.165, 1.54) is 29.8 Å². The number of rotatable bonds is 5. The van der Waals surface area contributed by atoms with E-state index in [9.17, 15) is 0 Å². The lowest BCUT2D eigenvalue weighted by Gasteiger charge is -2.30. The molecule has 0 amide bonds. The summed E-state index contributed by atoms with van der Waals surface area (Å²) in [4.78, 5) is 1.36. The van der Waals surface area contributed by atoms with E-state index in [1.807, 2.05) is 18.9 Å². The Kier molecular flexibility index (Phi) is 5.39. The van der Waals surface area contributed by atoms with E-state index in [0.717, 1.165) is 12.2 Å². The second-order valence-corrected chi connectivity index (χ2v) is 6.10. The maximum absolute atomic E-state index is 5.49. The van der Waals surface area contributed by atoms with E-state index in [-0.39, 0.29) is 0 Å². The zero-order chi connectivity index (χ0) is 12.8. The van der Waals surface area contributed by atoms with Crippen molar-refractivity contribution in [2.45, 2.75) is 49.6 Å². The van der Waals surface area contributed by atoms with Crippen LogP contribution >= 0.6 is 11.8 Å². The van der Waals surface area contributed by atoms with Gasteiger partial charge in [0.1, 0.15) is 0 Å². The predicted molar refractivity (Wildman–Crippen MR) is 79.5 cm³/mol. The Balaban J connectivity index is 1.99. The number of anilines is 1. The molecule has 1 N–H and O–H groups in total. The molecular weight excluding hydrogens is 242 g/mol. The molecule has 0 radical (unpaired) electrons. The lowest BCUT2D eigenvalue weighted by atomic mass is 9.92. The van der Waals surface area contributed by atoms with E-state index in [4.69, 9.17) is 4.74 Å². The van der Waals surface area contributed by atoms with E-state index < -0.39 is 0 Å². The van der Waals surface area contributed by atoms with Crippen molar-refractivity contribution in [3.63, 3.8) is 0 Å². The van der Waals surface area contributed by atoms with Gasteiger partial charge in [-0.2, -0.15) is 0 Å².